The van der Waals surface area contributed by atoms with Crippen molar-refractivity contribution < 1.29 is 18.0 Å². The van der Waals surface area contributed by atoms with Gasteiger partial charge >= 0.3 is 6.18 Å². The van der Waals surface area contributed by atoms with E-state index in [0.717, 1.165) is 4.68 Å². The summed E-state index contributed by atoms with van der Waals surface area (Å²) in [5.41, 5.74) is 1.26. The van der Waals surface area contributed by atoms with Crippen LogP contribution in [-0.2, 0) is 24.2 Å². The highest BCUT2D eigenvalue weighted by molar-refractivity contribution is 5.82. The van der Waals surface area contributed by atoms with Crippen LogP contribution in [0.25, 0.3) is 0 Å². The molecular weight excluding hydrogens is 209 g/mol. The largest absolute Gasteiger partial charge is 0.408 e. The van der Waals surface area contributed by atoms with Crippen LogP contribution in [0.5, 0.6) is 0 Å². The second-order valence-corrected chi connectivity index (χ2v) is 3.63. The van der Waals surface area contributed by atoms with Gasteiger partial charge in [-0.05, 0) is 6.42 Å². The van der Waals surface area contributed by atoms with E-state index in [9.17, 15) is 18.0 Å². The number of carbonyl (C=O) groups is 1. The molecule has 0 atom stereocenters. The third-order valence-electron chi connectivity index (χ3n) is 2.29. The van der Waals surface area contributed by atoms with Crippen molar-refractivity contribution in [1.29, 1.82) is 0 Å². The molecule has 0 radical (unpaired) electrons. The molecule has 15 heavy (non-hydrogen) atoms. The quantitative estimate of drug-likeness (QED) is 0.716. The minimum Gasteiger partial charge on any atom is -0.299 e. The first-order valence-corrected chi connectivity index (χ1v) is 4.58. The van der Waals surface area contributed by atoms with Gasteiger partial charge in [-0.2, -0.15) is 18.3 Å². The lowest BCUT2D eigenvalue weighted by Gasteiger charge is -2.06. The number of rotatable bonds is 1. The van der Waals surface area contributed by atoms with Crippen LogP contribution in [0.1, 0.15) is 17.7 Å². The van der Waals surface area contributed by atoms with Gasteiger partial charge in [-0.25, -0.2) is 0 Å². The number of aromatic nitrogens is 2. The molecule has 0 N–H and O–H groups in total. The monoisotopic (exact) mass is 218 g/mol. The molecule has 1 heterocycles. The number of alkyl halides is 3. The summed E-state index contributed by atoms with van der Waals surface area (Å²) in [7, 11) is 0. The van der Waals surface area contributed by atoms with Gasteiger partial charge in [0.1, 0.15) is 12.3 Å². The molecule has 0 aromatic carbocycles. The third-order valence-corrected chi connectivity index (χ3v) is 2.29. The lowest BCUT2D eigenvalue weighted by molar-refractivity contribution is -0.142. The number of nitrogens with zero attached hydrogens (tertiary/aromatic N) is 2. The molecule has 3 nitrogen and oxygen atoms in total. The summed E-state index contributed by atoms with van der Waals surface area (Å²) in [6, 6.07) is 0. The molecule has 0 spiro atoms. The van der Waals surface area contributed by atoms with Gasteiger partial charge in [0.15, 0.2) is 0 Å². The van der Waals surface area contributed by atoms with E-state index in [0.29, 0.717) is 24.1 Å². The number of hydrogen-bond donors (Lipinski definition) is 0. The molecule has 0 bridgehead atoms. The number of carbonyl (C=O) groups excluding carboxylic acids is 1. The van der Waals surface area contributed by atoms with Crippen molar-refractivity contribution in [2.75, 3.05) is 0 Å². The van der Waals surface area contributed by atoms with Crippen molar-refractivity contribution in [2.45, 2.75) is 32.0 Å². The molecule has 0 saturated heterocycles. The highest BCUT2D eigenvalue weighted by Gasteiger charge is 2.29. The maximum atomic E-state index is 12.1. The normalized spacial score (nSPS) is 16.6. The Morgan fingerprint density at radius 3 is 2.80 bits per heavy atom. The second-order valence-electron chi connectivity index (χ2n) is 3.63. The minimum atomic E-state index is -4.27. The van der Waals surface area contributed by atoms with Crippen LogP contribution >= 0.6 is 0 Å². The first-order valence-electron chi connectivity index (χ1n) is 4.58. The average molecular weight is 218 g/mol. The van der Waals surface area contributed by atoms with Crippen molar-refractivity contribution in [1.82, 2.24) is 9.78 Å². The van der Waals surface area contributed by atoms with Crippen molar-refractivity contribution >= 4 is 5.78 Å². The standard InChI is InChI=1S/C9H9F3N2O/c10-9(11,12)5-14-4-6-3-7(15)1-2-8(6)13-14/h4H,1-3,5H2. The van der Waals surface area contributed by atoms with E-state index >= 15 is 0 Å². The zero-order valence-corrected chi connectivity index (χ0v) is 7.84. The zero-order valence-electron chi connectivity index (χ0n) is 7.84. The molecule has 0 unspecified atom stereocenters. The number of hydrogen-bond acceptors (Lipinski definition) is 2. The van der Waals surface area contributed by atoms with Gasteiger partial charge in [0.2, 0.25) is 0 Å². The lowest BCUT2D eigenvalue weighted by Crippen LogP contribution is -2.18. The van der Waals surface area contributed by atoms with Gasteiger partial charge in [-0.1, -0.05) is 0 Å². The van der Waals surface area contributed by atoms with Gasteiger partial charge in [0, 0.05) is 24.6 Å². The van der Waals surface area contributed by atoms with Crippen LogP contribution in [0, 0.1) is 0 Å². The van der Waals surface area contributed by atoms with Crippen molar-refractivity contribution in [3.8, 4) is 0 Å². The Morgan fingerprint density at radius 1 is 1.40 bits per heavy atom. The van der Waals surface area contributed by atoms with Gasteiger partial charge in [0.25, 0.3) is 0 Å². The molecule has 0 amide bonds. The van der Waals surface area contributed by atoms with Crippen molar-refractivity contribution in [3.63, 3.8) is 0 Å². The van der Waals surface area contributed by atoms with E-state index < -0.39 is 12.7 Å². The number of ketones is 1. The molecule has 0 saturated carbocycles. The molecule has 1 aliphatic rings. The summed E-state index contributed by atoms with van der Waals surface area (Å²) >= 11 is 0. The van der Waals surface area contributed by atoms with Crippen LogP contribution in [0.15, 0.2) is 6.20 Å². The van der Waals surface area contributed by atoms with E-state index in [4.69, 9.17) is 0 Å². The number of aryl methyl sites for hydroxylation is 1. The van der Waals surface area contributed by atoms with Gasteiger partial charge in [-0.15, -0.1) is 0 Å². The van der Waals surface area contributed by atoms with Gasteiger partial charge < -0.3 is 0 Å². The summed E-state index contributed by atoms with van der Waals surface area (Å²) in [6.07, 6.45) is -1.89. The predicted octanol–water partition coefficient (Wildman–Crippen LogP) is 1.50. The summed E-state index contributed by atoms with van der Waals surface area (Å²) in [4.78, 5) is 11.1. The average Bonchev–Trinajstić information content (AvgIpc) is 2.42. The Bertz CT molecular complexity index is 395. The molecular formula is C9H9F3N2O. The fourth-order valence-corrected chi connectivity index (χ4v) is 1.68. The molecule has 1 aliphatic carbocycles. The number of halogens is 3. The molecule has 82 valence electrons. The Morgan fingerprint density at radius 2 is 2.13 bits per heavy atom. The molecule has 0 fully saturated rings. The summed E-state index contributed by atoms with van der Waals surface area (Å²) in [5.74, 6) is 0.0639. The zero-order chi connectivity index (χ0) is 11.1. The van der Waals surface area contributed by atoms with E-state index in [-0.39, 0.29) is 12.2 Å². The summed E-state index contributed by atoms with van der Waals surface area (Å²) in [5, 5.41) is 3.82. The van der Waals surface area contributed by atoms with Crippen LogP contribution in [0.3, 0.4) is 0 Å². The fraction of sp³-hybridized carbons (Fsp3) is 0.556. The minimum absolute atomic E-state index is 0.0639. The Balaban J connectivity index is 2.19. The van der Waals surface area contributed by atoms with E-state index in [2.05, 4.69) is 5.10 Å². The first-order chi connectivity index (χ1) is 6.94. The van der Waals surface area contributed by atoms with E-state index in [1.807, 2.05) is 0 Å². The maximum Gasteiger partial charge on any atom is 0.408 e. The van der Waals surface area contributed by atoms with Gasteiger partial charge in [0.05, 0.1) is 5.69 Å². The Labute approximate surface area is 83.9 Å². The molecule has 2 rings (SSSR count). The molecule has 1 aromatic heterocycles. The maximum absolute atomic E-state index is 12.1. The van der Waals surface area contributed by atoms with Crippen molar-refractivity contribution in [3.05, 3.63) is 17.5 Å². The fourth-order valence-electron chi connectivity index (χ4n) is 1.68. The van der Waals surface area contributed by atoms with Crippen LogP contribution in [0.4, 0.5) is 13.2 Å². The Kier molecular flexibility index (Phi) is 2.28. The molecule has 1 aromatic rings. The van der Waals surface area contributed by atoms with Gasteiger partial charge in [-0.3, -0.25) is 9.48 Å². The molecule has 0 aliphatic heterocycles. The number of fused-ring (bicyclic) bond motifs is 1. The van der Waals surface area contributed by atoms with Crippen LogP contribution < -0.4 is 0 Å². The summed E-state index contributed by atoms with van der Waals surface area (Å²) in [6.45, 7) is -1.09. The van der Waals surface area contributed by atoms with Crippen molar-refractivity contribution in [2.24, 2.45) is 0 Å². The number of Topliss-reactive ketones (excluding diaryl/α,β-unsaturated/α-hetero) is 1. The first kappa shape index (κ1) is 10.2. The molecule has 6 heteroatoms. The lowest BCUT2D eigenvalue weighted by atomic mass is 9.97. The smallest absolute Gasteiger partial charge is 0.299 e. The highest BCUT2D eigenvalue weighted by atomic mass is 19.4. The van der Waals surface area contributed by atoms with E-state index in [1.54, 1.807) is 0 Å². The Hall–Kier alpha value is -1.33. The van der Waals surface area contributed by atoms with Crippen LogP contribution in [-0.4, -0.2) is 21.7 Å². The third kappa shape index (κ3) is 2.37. The summed E-state index contributed by atoms with van der Waals surface area (Å²) < 4.78 is 37.0. The predicted molar refractivity (Wildman–Crippen MR) is 45.3 cm³/mol. The van der Waals surface area contributed by atoms with Crippen LogP contribution in [0.2, 0.25) is 0 Å². The van der Waals surface area contributed by atoms with E-state index in [1.165, 1.54) is 6.20 Å². The highest BCUT2D eigenvalue weighted by Crippen LogP contribution is 2.21. The second kappa shape index (κ2) is 3.36. The SMILES string of the molecule is O=C1CCc2nn(CC(F)(F)F)cc2C1. The topological polar surface area (TPSA) is 34.9 Å².